The van der Waals surface area contributed by atoms with E-state index in [0.29, 0.717) is 11.4 Å². The summed E-state index contributed by atoms with van der Waals surface area (Å²) >= 11 is 0. The second-order valence-electron chi connectivity index (χ2n) is 7.39. The Kier molecular flexibility index (Phi) is 6.65. The van der Waals surface area contributed by atoms with Crippen LogP contribution in [0, 0.1) is 0 Å². The topological polar surface area (TPSA) is 90.7 Å². The van der Waals surface area contributed by atoms with E-state index in [-0.39, 0.29) is 17.1 Å². The van der Waals surface area contributed by atoms with Crippen LogP contribution >= 0.6 is 0 Å². The molecule has 0 fully saturated rings. The average Bonchev–Trinajstić information content (AvgIpc) is 3.42. The number of esters is 1. The number of nitrogens with zero attached hydrogens (tertiary/aromatic N) is 3. The van der Waals surface area contributed by atoms with Gasteiger partial charge in [0.05, 0.1) is 28.9 Å². The maximum absolute atomic E-state index is 13.1. The number of hydrogen-bond donors (Lipinski definition) is 0. The van der Waals surface area contributed by atoms with Gasteiger partial charge in [0.15, 0.2) is 0 Å². The number of ether oxygens (including phenoxy) is 2. The molecular formula is C25H23N3O5S. The maximum atomic E-state index is 13.1. The summed E-state index contributed by atoms with van der Waals surface area (Å²) in [5, 5.41) is 4.17. The van der Waals surface area contributed by atoms with Crippen molar-refractivity contribution in [3.8, 4) is 11.4 Å². The molecule has 3 aromatic carbocycles. The van der Waals surface area contributed by atoms with Crippen LogP contribution in [0.15, 0.2) is 96.2 Å². The van der Waals surface area contributed by atoms with Crippen molar-refractivity contribution in [1.29, 1.82) is 0 Å². The highest BCUT2D eigenvalue weighted by molar-refractivity contribution is 7.92. The molecule has 0 atom stereocenters. The fourth-order valence-electron chi connectivity index (χ4n) is 3.27. The molecule has 0 radical (unpaired) electrons. The average molecular weight is 478 g/mol. The Morgan fingerprint density at radius 3 is 2.38 bits per heavy atom. The van der Waals surface area contributed by atoms with E-state index < -0.39 is 16.0 Å². The molecule has 4 aromatic rings. The van der Waals surface area contributed by atoms with Gasteiger partial charge in [0, 0.05) is 19.4 Å². The normalized spacial score (nSPS) is 11.1. The molecule has 0 bridgehead atoms. The Morgan fingerprint density at radius 2 is 1.74 bits per heavy atom. The third-order valence-electron chi connectivity index (χ3n) is 5.24. The van der Waals surface area contributed by atoms with Crippen molar-refractivity contribution in [2.45, 2.75) is 11.5 Å². The summed E-state index contributed by atoms with van der Waals surface area (Å²) in [6, 6.07) is 21.7. The highest BCUT2D eigenvalue weighted by atomic mass is 32.2. The van der Waals surface area contributed by atoms with Crippen LogP contribution in [0.1, 0.15) is 15.9 Å². The Balaban J connectivity index is 1.45. The second kappa shape index (κ2) is 9.80. The number of sulfonamides is 1. The number of anilines is 1. The van der Waals surface area contributed by atoms with Crippen LogP contribution < -0.4 is 9.04 Å². The van der Waals surface area contributed by atoms with E-state index in [1.807, 2.05) is 36.5 Å². The van der Waals surface area contributed by atoms with Crippen molar-refractivity contribution < 1.29 is 22.7 Å². The Morgan fingerprint density at radius 1 is 1.00 bits per heavy atom. The lowest BCUT2D eigenvalue weighted by molar-refractivity contribution is 0.0472. The van der Waals surface area contributed by atoms with Crippen LogP contribution in [0.25, 0.3) is 5.69 Å². The molecule has 0 aliphatic heterocycles. The summed E-state index contributed by atoms with van der Waals surface area (Å²) in [5.74, 6) is 0.00983. The Labute approximate surface area is 198 Å². The molecule has 8 nitrogen and oxygen atoms in total. The molecule has 0 aliphatic rings. The molecule has 9 heteroatoms. The number of methoxy groups -OCH3 is 1. The monoisotopic (exact) mass is 477 g/mol. The molecule has 0 N–H and O–H groups in total. The van der Waals surface area contributed by atoms with Crippen molar-refractivity contribution in [3.63, 3.8) is 0 Å². The van der Waals surface area contributed by atoms with Crippen molar-refractivity contribution in [2.75, 3.05) is 18.5 Å². The van der Waals surface area contributed by atoms with Gasteiger partial charge in [-0.25, -0.2) is 17.9 Å². The molecule has 0 aliphatic carbocycles. The van der Waals surface area contributed by atoms with Gasteiger partial charge in [0.2, 0.25) is 0 Å². The lowest BCUT2D eigenvalue weighted by Crippen LogP contribution is -2.26. The molecule has 174 valence electrons. The maximum Gasteiger partial charge on any atom is 0.338 e. The minimum atomic E-state index is -3.88. The van der Waals surface area contributed by atoms with Gasteiger partial charge in [-0.15, -0.1) is 0 Å². The van der Waals surface area contributed by atoms with Gasteiger partial charge in [0.1, 0.15) is 12.4 Å². The van der Waals surface area contributed by atoms with Crippen molar-refractivity contribution in [2.24, 2.45) is 0 Å². The smallest absolute Gasteiger partial charge is 0.338 e. The van der Waals surface area contributed by atoms with Crippen LogP contribution in [-0.4, -0.2) is 38.3 Å². The minimum absolute atomic E-state index is 0.0103. The van der Waals surface area contributed by atoms with Gasteiger partial charge < -0.3 is 9.47 Å². The fraction of sp³-hybridized carbons (Fsp3) is 0.120. The first-order chi connectivity index (χ1) is 16.4. The standard InChI is InChI=1S/C25H23N3O5S/c1-27(21-11-13-23(32-2)14-12-21)34(30,31)24-6-3-5-20(17-24)25(29)33-18-19-7-9-22(10-8-19)28-16-4-15-26-28/h3-17H,18H2,1-2H3. The van der Waals surface area contributed by atoms with E-state index in [0.717, 1.165) is 15.6 Å². The second-order valence-corrected chi connectivity index (χ2v) is 9.36. The number of rotatable bonds is 8. The summed E-state index contributed by atoms with van der Waals surface area (Å²) in [5.41, 5.74) is 2.30. The van der Waals surface area contributed by atoms with Gasteiger partial charge in [-0.3, -0.25) is 4.31 Å². The lowest BCUT2D eigenvalue weighted by atomic mass is 10.2. The minimum Gasteiger partial charge on any atom is -0.497 e. The van der Waals surface area contributed by atoms with Gasteiger partial charge in [-0.05, 0) is 66.2 Å². The third-order valence-corrected chi connectivity index (χ3v) is 7.02. The zero-order chi connectivity index (χ0) is 24.1. The van der Waals surface area contributed by atoms with E-state index in [2.05, 4.69) is 5.10 Å². The zero-order valence-corrected chi connectivity index (χ0v) is 19.5. The molecule has 0 saturated carbocycles. The molecular weight excluding hydrogens is 454 g/mol. The lowest BCUT2D eigenvalue weighted by Gasteiger charge is -2.20. The number of carbonyl (C=O) groups excluding carboxylic acids is 1. The molecule has 0 amide bonds. The SMILES string of the molecule is COc1ccc(N(C)S(=O)(=O)c2cccc(C(=O)OCc3ccc(-n4cccn4)cc3)c2)cc1. The van der Waals surface area contributed by atoms with Crippen LogP contribution in [0.5, 0.6) is 5.75 Å². The predicted molar refractivity (Wildman–Crippen MR) is 128 cm³/mol. The zero-order valence-electron chi connectivity index (χ0n) is 18.7. The van der Waals surface area contributed by atoms with Gasteiger partial charge >= 0.3 is 5.97 Å². The van der Waals surface area contributed by atoms with Crippen LogP contribution in [0.2, 0.25) is 0 Å². The van der Waals surface area contributed by atoms with Gasteiger partial charge in [-0.1, -0.05) is 18.2 Å². The van der Waals surface area contributed by atoms with E-state index >= 15 is 0 Å². The fourth-order valence-corrected chi connectivity index (χ4v) is 4.51. The summed E-state index contributed by atoms with van der Waals surface area (Å²) in [4.78, 5) is 12.6. The third kappa shape index (κ3) is 4.94. The number of aromatic nitrogens is 2. The molecule has 34 heavy (non-hydrogen) atoms. The number of hydrogen-bond acceptors (Lipinski definition) is 6. The summed E-state index contributed by atoms with van der Waals surface area (Å²) in [7, 11) is -0.893. The first-order valence-corrected chi connectivity index (χ1v) is 11.8. The van der Waals surface area contributed by atoms with Crippen molar-refractivity contribution >= 4 is 21.7 Å². The molecule has 0 unspecified atom stereocenters. The Hall–Kier alpha value is -4.11. The van der Waals surface area contributed by atoms with E-state index in [1.165, 1.54) is 38.4 Å². The highest BCUT2D eigenvalue weighted by Gasteiger charge is 2.23. The number of carbonyl (C=O) groups is 1. The Bertz CT molecular complexity index is 1370. The first kappa shape index (κ1) is 23.1. The summed E-state index contributed by atoms with van der Waals surface area (Å²) in [6.07, 6.45) is 3.53. The van der Waals surface area contributed by atoms with Crippen molar-refractivity contribution in [3.05, 3.63) is 102 Å². The summed E-state index contributed by atoms with van der Waals surface area (Å²) in [6.45, 7) is 0.0565. The molecule has 0 spiro atoms. The molecule has 1 aromatic heterocycles. The molecule has 1 heterocycles. The van der Waals surface area contributed by atoms with Crippen LogP contribution in [0.3, 0.4) is 0 Å². The van der Waals surface area contributed by atoms with Gasteiger partial charge in [0.25, 0.3) is 10.0 Å². The number of benzene rings is 3. The molecule has 4 rings (SSSR count). The predicted octanol–water partition coefficient (Wildman–Crippen LogP) is 4.06. The van der Waals surface area contributed by atoms with Crippen molar-refractivity contribution in [1.82, 2.24) is 9.78 Å². The largest absolute Gasteiger partial charge is 0.497 e. The van der Waals surface area contributed by atoms with Gasteiger partial charge in [-0.2, -0.15) is 5.10 Å². The van der Waals surface area contributed by atoms with E-state index in [4.69, 9.17) is 9.47 Å². The van der Waals surface area contributed by atoms with Crippen LogP contribution in [0.4, 0.5) is 5.69 Å². The first-order valence-electron chi connectivity index (χ1n) is 10.4. The quantitative estimate of drug-likeness (QED) is 0.356. The highest BCUT2D eigenvalue weighted by Crippen LogP contribution is 2.25. The van der Waals surface area contributed by atoms with E-state index in [1.54, 1.807) is 35.1 Å². The van der Waals surface area contributed by atoms with E-state index in [9.17, 15) is 13.2 Å². The summed E-state index contributed by atoms with van der Waals surface area (Å²) < 4.78 is 39.6. The van der Waals surface area contributed by atoms with Crippen LogP contribution in [-0.2, 0) is 21.4 Å². The molecule has 0 saturated heterocycles.